The summed E-state index contributed by atoms with van der Waals surface area (Å²) >= 11 is 13.4. The first-order valence-electron chi connectivity index (χ1n) is 8.58. The van der Waals surface area contributed by atoms with Gasteiger partial charge in [-0.3, -0.25) is 4.79 Å². The summed E-state index contributed by atoms with van der Waals surface area (Å²) in [6.07, 6.45) is 6.96. The van der Waals surface area contributed by atoms with Gasteiger partial charge >= 0.3 is 0 Å². The quantitative estimate of drug-likeness (QED) is 0.483. The standard InChI is InChI=1S/C21H16Cl2N2O3S/c1-3-9-28-19-16(23)10-13(11-17(19)27-4-2)12-18-20(26)25-21(29-18)24-15-7-5-14(22)6-8-15/h1,5-8,10-12H,4,9H2,2H3,(H,24,25,26)/b18-12-. The number of nitrogens with zero attached hydrogens (tertiary/aromatic N) is 1. The van der Waals surface area contributed by atoms with Crippen molar-refractivity contribution in [3.8, 4) is 23.8 Å². The van der Waals surface area contributed by atoms with E-state index in [1.807, 2.05) is 6.92 Å². The highest BCUT2D eigenvalue weighted by Crippen LogP contribution is 2.38. The van der Waals surface area contributed by atoms with Crippen molar-refractivity contribution in [2.75, 3.05) is 13.2 Å². The number of halogens is 2. The summed E-state index contributed by atoms with van der Waals surface area (Å²) in [5, 5.41) is 4.19. The third-order valence-electron chi connectivity index (χ3n) is 3.64. The molecule has 8 heteroatoms. The Bertz CT molecular complexity index is 1030. The van der Waals surface area contributed by atoms with Crippen molar-refractivity contribution in [2.24, 2.45) is 4.99 Å². The van der Waals surface area contributed by atoms with E-state index in [1.165, 1.54) is 11.8 Å². The van der Waals surface area contributed by atoms with Gasteiger partial charge in [0.05, 0.1) is 22.2 Å². The summed E-state index contributed by atoms with van der Waals surface area (Å²) < 4.78 is 11.1. The number of amidine groups is 1. The molecule has 29 heavy (non-hydrogen) atoms. The van der Waals surface area contributed by atoms with Gasteiger partial charge in [-0.25, -0.2) is 4.99 Å². The molecule has 1 fully saturated rings. The van der Waals surface area contributed by atoms with Crippen LogP contribution in [0.3, 0.4) is 0 Å². The minimum atomic E-state index is -0.246. The van der Waals surface area contributed by atoms with Crippen LogP contribution in [-0.4, -0.2) is 24.3 Å². The third kappa shape index (κ3) is 5.48. The molecule has 0 atom stereocenters. The second kappa shape index (κ2) is 9.75. The van der Waals surface area contributed by atoms with Crippen LogP contribution in [0.5, 0.6) is 11.5 Å². The molecule has 0 bridgehead atoms. The first kappa shape index (κ1) is 21.1. The monoisotopic (exact) mass is 446 g/mol. The summed E-state index contributed by atoms with van der Waals surface area (Å²) in [5.41, 5.74) is 1.38. The summed E-state index contributed by atoms with van der Waals surface area (Å²) in [4.78, 5) is 17.2. The van der Waals surface area contributed by atoms with E-state index in [9.17, 15) is 4.79 Å². The molecule has 1 saturated heterocycles. The van der Waals surface area contributed by atoms with Crippen LogP contribution in [0.25, 0.3) is 6.08 Å². The van der Waals surface area contributed by atoms with E-state index in [0.717, 1.165) is 0 Å². The van der Waals surface area contributed by atoms with Gasteiger partial charge in [-0.2, -0.15) is 0 Å². The number of carbonyl (C=O) groups is 1. The molecule has 0 saturated carbocycles. The van der Waals surface area contributed by atoms with Crippen LogP contribution in [0, 0.1) is 12.3 Å². The van der Waals surface area contributed by atoms with Gasteiger partial charge in [0, 0.05) is 5.02 Å². The number of carbonyl (C=O) groups excluding carboxylic acids is 1. The lowest BCUT2D eigenvalue weighted by molar-refractivity contribution is -0.115. The molecule has 0 aliphatic carbocycles. The summed E-state index contributed by atoms with van der Waals surface area (Å²) in [6, 6.07) is 10.4. The Labute approximate surface area is 183 Å². The molecule has 1 aliphatic heterocycles. The third-order valence-corrected chi connectivity index (χ3v) is 5.08. The summed E-state index contributed by atoms with van der Waals surface area (Å²) in [6.45, 7) is 2.35. The first-order chi connectivity index (χ1) is 14.0. The van der Waals surface area contributed by atoms with Crippen molar-refractivity contribution >= 4 is 57.8 Å². The second-order valence-electron chi connectivity index (χ2n) is 5.71. The van der Waals surface area contributed by atoms with Crippen LogP contribution < -0.4 is 14.8 Å². The molecule has 2 aromatic carbocycles. The van der Waals surface area contributed by atoms with E-state index in [-0.39, 0.29) is 12.5 Å². The van der Waals surface area contributed by atoms with Crippen LogP contribution >= 0.6 is 35.0 Å². The molecule has 0 unspecified atom stereocenters. The van der Waals surface area contributed by atoms with Crippen molar-refractivity contribution in [3.05, 3.63) is 56.9 Å². The SMILES string of the molecule is C#CCOc1c(Cl)cc(/C=C2\SC(=Nc3ccc(Cl)cc3)NC2=O)cc1OCC. The minimum absolute atomic E-state index is 0.0724. The van der Waals surface area contributed by atoms with Gasteiger partial charge in [-0.1, -0.05) is 29.1 Å². The van der Waals surface area contributed by atoms with Crippen LogP contribution in [-0.2, 0) is 4.79 Å². The molecular formula is C21H16Cl2N2O3S. The van der Waals surface area contributed by atoms with E-state index in [1.54, 1.807) is 42.5 Å². The molecule has 148 valence electrons. The maximum absolute atomic E-state index is 12.3. The maximum atomic E-state index is 12.3. The average molecular weight is 447 g/mol. The molecule has 1 N–H and O–H groups in total. The van der Waals surface area contributed by atoms with E-state index >= 15 is 0 Å². The number of hydrogen-bond donors (Lipinski definition) is 1. The van der Waals surface area contributed by atoms with Gasteiger partial charge in [-0.05, 0) is 66.7 Å². The lowest BCUT2D eigenvalue weighted by Gasteiger charge is -2.13. The summed E-state index contributed by atoms with van der Waals surface area (Å²) in [5.74, 6) is 2.98. The smallest absolute Gasteiger partial charge is 0.264 e. The molecular weight excluding hydrogens is 431 g/mol. The number of nitrogens with one attached hydrogen (secondary N) is 1. The number of hydrogen-bond acceptors (Lipinski definition) is 5. The fraction of sp³-hybridized carbons (Fsp3) is 0.143. The number of terminal acetylenes is 1. The highest BCUT2D eigenvalue weighted by molar-refractivity contribution is 8.18. The fourth-order valence-electron chi connectivity index (χ4n) is 2.45. The fourth-order valence-corrected chi connectivity index (χ4v) is 3.69. The number of thioether (sulfide) groups is 1. The Morgan fingerprint density at radius 3 is 2.69 bits per heavy atom. The van der Waals surface area contributed by atoms with E-state index in [4.69, 9.17) is 39.1 Å². The van der Waals surface area contributed by atoms with Crippen LogP contribution in [0.1, 0.15) is 12.5 Å². The van der Waals surface area contributed by atoms with Crippen molar-refractivity contribution in [1.82, 2.24) is 5.32 Å². The van der Waals surface area contributed by atoms with E-state index in [0.29, 0.717) is 49.5 Å². The van der Waals surface area contributed by atoms with Gasteiger partial charge < -0.3 is 14.8 Å². The minimum Gasteiger partial charge on any atom is -0.490 e. The maximum Gasteiger partial charge on any atom is 0.264 e. The lowest BCUT2D eigenvalue weighted by Crippen LogP contribution is -2.19. The first-order valence-corrected chi connectivity index (χ1v) is 10.1. The van der Waals surface area contributed by atoms with Crippen molar-refractivity contribution in [3.63, 3.8) is 0 Å². The van der Waals surface area contributed by atoms with Crippen LogP contribution in [0.2, 0.25) is 10.0 Å². The predicted molar refractivity (Wildman–Crippen MR) is 119 cm³/mol. The topological polar surface area (TPSA) is 59.9 Å². The van der Waals surface area contributed by atoms with Crippen molar-refractivity contribution in [1.29, 1.82) is 0 Å². The van der Waals surface area contributed by atoms with E-state index in [2.05, 4.69) is 16.2 Å². The van der Waals surface area contributed by atoms with Crippen molar-refractivity contribution in [2.45, 2.75) is 6.92 Å². The molecule has 0 aromatic heterocycles. The Morgan fingerprint density at radius 1 is 1.24 bits per heavy atom. The zero-order chi connectivity index (χ0) is 20.8. The zero-order valence-corrected chi connectivity index (χ0v) is 17.7. The molecule has 1 amide bonds. The Hall–Kier alpha value is -2.59. The Balaban J connectivity index is 1.86. The van der Waals surface area contributed by atoms with Crippen LogP contribution in [0.4, 0.5) is 5.69 Å². The molecule has 1 aliphatic rings. The molecule has 0 radical (unpaired) electrons. The van der Waals surface area contributed by atoms with Gasteiger partial charge in [0.15, 0.2) is 16.7 Å². The second-order valence-corrected chi connectivity index (χ2v) is 7.59. The van der Waals surface area contributed by atoms with Gasteiger partial charge in [-0.15, -0.1) is 6.42 Å². The Kier molecular flexibility index (Phi) is 7.10. The number of rotatable bonds is 6. The number of aliphatic imine (C=N–C) groups is 1. The predicted octanol–water partition coefficient (Wildman–Crippen LogP) is 5.30. The zero-order valence-electron chi connectivity index (χ0n) is 15.4. The number of amides is 1. The molecule has 0 spiro atoms. The van der Waals surface area contributed by atoms with Crippen LogP contribution in [0.15, 0.2) is 46.3 Å². The normalized spacial score (nSPS) is 16.0. The molecule has 5 nitrogen and oxygen atoms in total. The van der Waals surface area contributed by atoms with E-state index < -0.39 is 0 Å². The number of benzene rings is 2. The lowest BCUT2D eigenvalue weighted by atomic mass is 10.2. The van der Waals surface area contributed by atoms with Crippen molar-refractivity contribution < 1.29 is 14.3 Å². The molecule has 3 rings (SSSR count). The largest absolute Gasteiger partial charge is 0.490 e. The summed E-state index contributed by atoms with van der Waals surface area (Å²) in [7, 11) is 0. The molecule has 2 aromatic rings. The Morgan fingerprint density at radius 2 is 2.00 bits per heavy atom. The number of ether oxygens (including phenoxy) is 2. The van der Waals surface area contributed by atoms with Gasteiger partial charge in [0.1, 0.15) is 6.61 Å². The van der Waals surface area contributed by atoms with Gasteiger partial charge in [0.25, 0.3) is 5.91 Å². The highest BCUT2D eigenvalue weighted by Gasteiger charge is 2.24. The van der Waals surface area contributed by atoms with Gasteiger partial charge in [0.2, 0.25) is 0 Å². The average Bonchev–Trinajstić information content (AvgIpc) is 3.02. The molecule has 1 heterocycles. The highest BCUT2D eigenvalue weighted by atomic mass is 35.5.